The molecule has 0 saturated carbocycles. The zero-order chi connectivity index (χ0) is 15.8. The monoisotopic (exact) mass is 296 g/mol. The average molecular weight is 296 g/mol. The second kappa shape index (κ2) is 8.38. The van der Waals surface area contributed by atoms with Gasteiger partial charge in [-0.3, -0.25) is 4.79 Å². The normalized spacial score (nSPS) is 11.9. The Morgan fingerprint density at radius 3 is 2.32 bits per heavy atom. The smallest absolute Gasteiger partial charge is 0.172 e. The molecular weight excluding hydrogens is 272 g/mol. The Morgan fingerprint density at radius 1 is 1.00 bits per heavy atom. The minimum atomic E-state index is 0.0233. The van der Waals surface area contributed by atoms with Gasteiger partial charge in [0.1, 0.15) is 12.4 Å². The molecule has 2 rings (SSSR count). The molecule has 0 N–H and O–H groups in total. The van der Waals surface area contributed by atoms with Crippen molar-refractivity contribution in [1.82, 2.24) is 0 Å². The van der Waals surface area contributed by atoms with E-state index in [0.29, 0.717) is 0 Å². The zero-order valence-electron chi connectivity index (χ0n) is 13.4. The quantitative estimate of drug-likeness (QED) is 0.718. The highest BCUT2D eigenvalue weighted by atomic mass is 16.5. The maximum absolute atomic E-state index is 12.1. The van der Waals surface area contributed by atoms with Gasteiger partial charge in [-0.1, -0.05) is 56.3 Å². The molecule has 0 unspecified atom stereocenters. The van der Waals surface area contributed by atoms with Crippen LogP contribution in [0.1, 0.15) is 31.4 Å². The summed E-state index contributed by atoms with van der Waals surface area (Å²) in [7, 11) is 0. The first kappa shape index (κ1) is 16.3. The summed E-state index contributed by atoms with van der Waals surface area (Å²) in [6.07, 6.45) is 2.80. The van der Waals surface area contributed by atoms with Crippen LogP contribution in [0.2, 0.25) is 0 Å². The van der Waals surface area contributed by atoms with Crippen molar-refractivity contribution in [3.05, 3.63) is 65.7 Å². The maximum Gasteiger partial charge on any atom is 0.172 e. The first-order valence-electron chi connectivity index (χ1n) is 7.97. The van der Waals surface area contributed by atoms with Crippen molar-refractivity contribution in [2.24, 2.45) is 5.92 Å². The van der Waals surface area contributed by atoms with E-state index < -0.39 is 0 Å². The summed E-state index contributed by atoms with van der Waals surface area (Å²) in [4.78, 5) is 12.1. The SMILES string of the molecule is CCc1ccc(OCC(=O)[C@H](C)CCc2ccccc2)cc1. The standard InChI is InChI=1S/C20H24O2/c1-3-17-11-13-19(14-12-17)22-15-20(21)16(2)9-10-18-7-5-4-6-8-18/h4-8,11-14,16H,3,9-10,15H2,1-2H3/t16-/m1/s1. The van der Waals surface area contributed by atoms with Gasteiger partial charge in [0.05, 0.1) is 0 Å². The van der Waals surface area contributed by atoms with Crippen molar-refractivity contribution in [2.75, 3.05) is 6.61 Å². The lowest BCUT2D eigenvalue weighted by Crippen LogP contribution is -2.19. The predicted octanol–water partition coefficient (Wildman–Crippen LogP) is 4.47. The van der Waals surface area contributed by atoms with Gasteiger partial charge >= 0.3 is 0 Å². The number of ketones is 1. The van der Waals surface area contributed by atoms with Crippen molar-refractivity contribution < 1.29 is 9.53 Å². The molecule has 0 saturated heterocycles. The summed E-state index contributed by atoms with van der Waals surface area (Å²) in [6, 6.07) is 18.2. The van der Waals surface area contributed by atoms with Gasteiger partial charge in [0.15, 0.2) is 5.78 Å². The number of hydrogen-bond donors (Lipinski definition) is 0. The average Bonchev–Trinajstić information content (AvgIpc) is 2.58. The van der Waals surface area contributed by atoms with Crippen LogP contribution < -0.4 is 4.74 Å². The van der Waals surface area contributed by atoms with E-state index in [1.807, 2.05) is 49.4 Å². The molecule has 1 atom stereocenters. The molecule has 116 valence electrons. The number of carbonyl (C=O) groups is 1. The van der Waals surface area contributed by atoms with E-state index in [1.165, 1.54) is 11.1 Å². The summed E-state index contributed by atoms with van der Waals surface area (Å²) < 4.78 is 5.59. The summed E-state index contributed by atoms with van der Waals surface area (Å²) in [5, 5.41) is 0. The molecule has 0 amide bonds. The number of aryl methyl sites for hydroxylation is 2. The number of ether oxygens (including phenoxy) is 1. The Hall–Kier alpha value is -2.09. The van der Waals surface area contributed by atoms with E-state index in [9.17, 15) is 4.79 Å². The summed E-state index contributed by atoms with van der Waals surface area (Å²) in [5.74, 6) is 0.950. The second-order valence-electron chi connectivity index (χ2n) is 5.68. The van der Waals surface area contributed by atoms with Crippen LogP contribution in [0, 0.1) is 5.92 Å². The molecule has 0 aliphatic rings. The van der Waals surface area contributed by atoms with Crippen LogP contribution in [-0.4, -0.2) is 12.4 Å². The van der Waals surface area contributed by atoms with Crippen molar-refractivity contribution in [2.45, 2.75) is 33.1 Å². The van der Waals surface area contributed by atoms with Gasteiger partial charge in [0.2, 0.25) is 0 Å². The van der Waals surface area contributed by atoms with Crippen LogP contribution in [0.25, 0.3) is 0 Å². The number of Topliss-reactive ketones (excluding diaryl/α,β-unsaturated/α-hetero) is 1. The maximum atomic E-state index is 12.1. The molecule has 0 radical (unpaired) electrons. The van der Waals surface area contributed by atoms with Crippen molar-refractivity contribution in [3.8, 4) is 5.75 Å². The fourth-order valence-corrected chi connectivity index (χ4v) is 2.31. The fourth-order valence-electron chi connectivity index (χ4n) is 2.31. The summed E-state index contributed by atoms with van der Waals surface area (Å²) in [6.45, 7) is 4.25. The van der Waals surface area contributed by atoms with Gasteiger partial charge < -0.3 is 4.74 Å². The first-order chi connectivity index (χ1) is 10.7. The minimum Gasteiger partial charge on any atom is -0.486 e. The lowest BCUT2D eigenvalue weighted by atomic mass is 9.98. The molecular formula is C20H24O2. The summed E-state index contributed by atoms with van der Waals surface area (Å²) >= 11 is 0. The Bertz CT molecular complexity index is 572. The molecule has 0 aliphatic heterocycles. The molecule has 0 fully saturated rings. The largest absolute Gasteiger partial charge is 0.486 e. The topological polar surface area (TPSA) is 26.3 Å². The predicted molar refractivity (Wildman–Crippen MR) is 90.2 cm³/mol. The Labute approximate surface area is 133 Å². The molecule has 0 spiro atoms. The van der Waals surface area contributed by atoms with Gasteiger partial charge in [0, 0.05) is 5.92 Å². The second-order valence-corrected chi connectivity index (χ2v) is 5.68. The van der Waals surface area contributed by atoms with Gasteiger partial charge in [-0.2, -0.15) is 0 Å². The third kappa shape index (κ3) is 5.03. The molecule has 0 bridgehead atoms. The first-order valence-corrected chi connectivity index (χ1v) is 7.97. The molecule has 0 aromatic heterocycles. The van der Waals surface area contributed by atoms with E-state index in [2.05, 4.69) is 19.1 Å². The highest BCUT2D eigenvalue weighted by Gasteiger charge is 2.13. The molecule has 22 heavy (non-hydrogen) atoms. The lowest BCUT2D eigenvalue weighted by molar-refractivity contribution is -0.124. The third-order valence-electron chi connectivity index (χ3n) is 3.97. The Kier molecular flexibility index (Phi) is 6.20. The zero-order valence-corrected chi connectivity index (χ0v) is 13.4. The van der Waals surface area contributed by atoms with Crippen molar-refractivity contribution >= 4 is 5.78 Å². The highest BCUT2D eigenvalue weighted by molar-refractivity contribution is 5.82. The van der Waals surface area contributed by atoms with Crippen LogP contribution in [0.15, 0.2) is 54.6 Å². The van der Waals surface area contributed by atoms with Crippen LogP contribution in [0.4, 0.5) is 0 Å². The molecule has 0 aliphatic carbocycles. The van der Waals surface area contributed by atoms with E-state index in [0.717, 1.165) is 25.0 Å². The highest BCUT2D eigenvalue weighted by Crippen LogP contribution is 2.14. The molecule has 2 aromatic rings. The fraction of sp³-hybridized carbons (Fsp3) is 0.350. The van der Waals surface area contributed by atoms with Crippen molar-refractivity contribution in [3.63, 3.8) is 0 Å². The van der Waals surface area contributed by atoms with E-state index in [1.54, 1.807) is 0 Å². The number of hydrogen-bond acceptors (Lipinski definition) is 2. The van der Waals surface area contributed by atoms with Crippen LogP contribution >= 0.6 is 0 Å². The van der Waals surface area contributed by atoms with Crippen LogP contribution in [0.3, 0.4) is 0 Å². The van der Waals surface area contributed by atoms with Gasteiger partial charge in [0.25, 0.3) is 0 Å². The molecule has 2 nitrogen and oxygen atoms in total. The lowest BCUT2D eigenvalue weighted by Gasteiger charge is -2.12. The summed E-state index contributed by atoms with van der Waals surface area (Å²) in [5.41, 5.74) is 2.55. The Morgan fingerprint density at radius 2 is 1.68 bits per heavy atom. The number of benzene rings is 2. The van der Waals surface area contributed by atoms with E-state index >= 15 is 0 Å². The third-order valence-corrected chi connectivity index (χ3v) is 3.97. The molecule has 2 aromatic carbocycles. The van der Waals surface area contributed by atoms with Gasteiger partial charge in [-0.25, -0.2) is 0 Å². The van der Waals surface area contributed by atoms with E-state index in [-0.39, 0.29) is 18.3 Å². The number of rotatable bonds is 8. The van der Waals surface area contributed by atoms with Gasteiger partial charge in [-0.15, -0.1) is 0 Å². The van der Waals surface area contributed by atoms with Crippen molar-refractivity contribution in [1.29, 1.82) is 0 Å². The molecule has 2 heteroatoms. The molecule has 0 heterocycles. The minimum absolute atomic E-state index is 0.0233. The van der Waals surface area contributed by atoms with E-state index in [4.69, 9.17) is 4.74 Å². The van der Waals surface area contributed by atoms with Gasteiger partial charge in [-0.05, 0) is 42.5 Å². The van der Waals surface area contributed by atoms with Crippen LogP contribution in [0.5, 0.6) is 5.75 Å². The Balaban J connectivity index is 1.76. The number of carbonyl (C=O) groups excluding carboxylic acids is 1. The van der Waals surface area contributed by atoms with Crippen LogP contribution in [-0.2, 0) is 17.6 Å².